The van der Waals surface area contributed by atoms with Gasteiger partial charge in [0.25, 0.3) is 0 Å². The lowest BCUT2D eigenvalue weighted by molar-refractivity contribution is -0.125. The van der Waals surface area contributed by atoms with Gasteiger partial charge >= 0.3 is 6.18 Å². The normalized spacial score (nSPS) is 23.4. The van der Waals surface area contributed by atoms with Crippen LogP contribution >= 0.6 is 0 Å². The quantitative estimate of drug-likeness (QED) is 0.609. The van der Waals surface area contributed by atoms with Crippen LogP contribution < -0.4 is 10.6 Å². The Hall–Kier alpha value is -2.94. The third kappa shape index (κ3) is 4.94. The molecule has 1 saturated carbocycles. The molecular formula is C25H28F4N4O. The Kier molecular flexibility index (Phi) is 6.66. The first-order valence-electron chi connectivity index (χ1n) is 11.3. The lowest BCUT2D eigenvalue weighted by Gasteiger charge is -2.33. The molecule has 0 bridgehead atoms. The predicted molar refractivity (Wildman–Crippen MR) is 126 cm³/mol. The van der Waals surface area contributed by atoms with Gasteiger partial charge in [0.15, 0.2) is 0 Å². The second kappa shape index (κ2) is 9.37. The van der Waals surface area contributed by atoms with Gasteiger partial charge in [-0.2, -0.15) is 13.2 Å². The number of anilines is 1. The van der Waals surface area contributed by atoms with Crippen LogP contribution in [0.4, 0.5) is 23.2 Å². The van der Waals surface area contributed by atoms with E-state index >= 15 is 0 Å². The van der Waals surface area contributed by atoms with Gasteiger partial charge < -0.3 is 15.5 Å². The highest BCUT2D eigenvalue weighted by Crippen LogP contribution is 2.39. The number of alkyl halides is 4. The van der Waals surface area contributed by atoms with Gasteiger partial charge in [-0.1, -0.05) is 24.3 Å². The number of aromatic nitrogens is 1. The van der Waals surface area contributed by atoms with Crippen molar-refractivity contribution in [2.45, 2.75) is 37.7 Å². The molecule has 1 aromatic carbocycles. The highest BCUT2D eigenvalue weighted by Gasteiger charge is 2.36. The van der Waals surface area contributed by atoms with E-state index in [1.165, 1.54) is 0 Å². The Balaban J connectivity index is 1.74. The summed E-state index contributed by atoms with van der Waals surface area (Å²) in [5.41, 5.74) is 0.573. The number of rotatable bonds is 5. The van der Waals surface area contributed by atoms with Crippen molar-refractivity contribution in [1.82, 2.24) is 15.2 Å². The minimum atomic E-state index is -4.64. The molecule has 1 saturated heterocycles. The lowest BCUT2D eigenvalue weighted by Crippen LogP contribution is -2.46. The summed E-state index contributed by atoms with van der Waals surface area (Å²) in [6.07, 6.45) is -2.36. The number of fused-ring (bicyclic) bond motifs is 1. The second-order valence-corrected chi connectivity index (χ2v) is 9.11. The summed E-state index contributed by atoms with van der Waals surface area (Å²) in [6, 6.07) is 6.23. The molecule has 4 rings (SSSR count). The van der Waals surface area contributed by atoms with Crippen LogP contribution in [-0.4, -0.2) is 61.4 Å². The maximum atomic E-state index is 14.7. The van der Waals surface area contributed by atoms with Crippen LogP contribution in [0.1, 0.15) is 30.7 Å². The molecular weight excluding hydrogens is 448 g/mol. The molecule has 2 aromatic rings. The maximum Gasteiger partial charge on any atom is 0.417 e. The van der Waals surface area contributed by atoms with Crippen molar-refractivity contribution in [1.29, 1.82) is 0 Å². The molecule has 2 atom stereocenters. The molecule has 0 spiro atoms. The van der Waals surface area contributed by atoms with E-state index in [4.69, 9.17) is 0 Å². The average Bonchev–Trinajstić information content (AvgIpc) is 2.76. The summed E-state index contributed by atoms with van der Waals surface area (Å²) < 4.78 is 55.5. The highest BCUT2D eigenvalue weighted by atomic mass is 19.4. The molecule has 1 aliphatic carbocycles. The third-order valence-electron chi connectivity index (χ3n) is 6.59. The van der Waals surface area contributed by atoms with Crippen LogP contribution in [-0.2, 0) is 4.79 Å². The number of benzene rings is 1. The van der Waals surface area contributed by atoms with Gasteiger partial charge in [0.1, 0.15) is 6.17 Å². The number of halogens is 4. The number of pyridine rings is 1. The fourth-order valence-electron chi connectivity index (χ4n) is 4.57. The van der Waals surface area contributed by atoms with Gasteiger partial charge in [0, 0.05) is 42.5 Å². The zero-order chi connectivity index (χ0) is 24.6. The number of hydrogen-bond donors (Lipinski definition) is 2. The average molecular weight is 477 g/mol. The monoisotopic (exact) mass is 476 g/mol. The minimum Gasteiger partial charge on any atom is -0.379 e. The molecule has 34 heavy (non-hydrogen) atoms. The summed E-state index contributed by atoms with van der Waals surface area (Å²) in [7, 11) is 3.43. The van der Waals surface area contributed by atoms with E-state index in [0.717, 1.165) is 12.1 Å². The fraction of sp³-hybridized carbons (Fsp3) is 0.440. The van der Waals surface area contributed by atoms with Gasteiger partial charge in [-0.25, -0.2) is 9.37 Å². The highest BCUT2D eigenvalue weighted by molar-refractivity contribution is 6.01. The van der Waals surface area contributed by atoms with Crippen molar-refractivity contribution < 1.29 is 22.4 Å². The van der Waals surface area contributed by atoms with Crippen LogP contribution in [0.15, 0.2) is 36.4 Å². The van der Waals surface area contributed by atoms with Crippen molar-refractivity contribution in [3.63, 3.8) is 0 Å². The van der Waals surface area contributed by atoms with Gasteiger partial charge in [0.05, 0.1) is 23.0 Å². The first-order valence-corrected chi connectivity index (χ1v) is 11.3. The number of allylic oxidation sites excluding steroid dienone is 2. The molecule has 2 N–H and O–H groups in total. The van der Waals surface area contributed by atoms with Gasteiger partial charge in [-0.05, 0) is 44.5 Å². The van der Waals surface area contributed by atoms with E-state index in [-0.39, 0.29) is 17.5 Å². The van der Waals surface area contributed by atoms with Crippen molar-refractivity contribution >= 4 is 34.0 Å². The Labute approximate surface area is 195 Å². The van der Waals surface area contributed by atoms with Crippen molar-refractivity contribution in [3.05, 3.63) is 47.8 Å². The van der Waals surface area contributed by atoms with Crippen molar-refractivity contribution in [2.75, 3.05) is 32.5 Å². The Morgan fingerprint density at radius 2 is 2.00 bits per heavy atom. The largest absolute Gasteiger partial charge is 0.417 e. The van der Waals surface area contributed by atoms with E-state index in [2.05, 4.69) is 22.2 Å². The van der Waals surface area contributed by atoms with Gasteiger partial charge in [-0.15, -0.1) is 0 Å². The van der Waals surface area contributed by atoms with Crippen LogP contribution in [0.5, 0.6) is 0 Å². The summed E-state index contributed by atoms with van der Waals surface area (Å²) in [6.45, 7) is 4.29. The Morgan fingerprint density at radius 1 is 1.26 bits per heavy atom. The van der Waals surface area contributed by atoms with Crippen LogP contribution in [0, 0.1) is 5.92 Å². The summed E-state index contributed by atoms with van der Waals surface area (Å²) in [5, 5.41) is 6.66. The molecule has 1 aliphatic heterocycles. The fourth-order valence-corrected chi connectivity index (χ4v) is 4.57. The zero-order valence-corrected chi connectivity index (χ0v) is 19.2. The molecule has 0 radical (unpaired) electrons. The number of nitrogens with zero attached hydrogens (tertiary/aromatic N) is 2. The van der Waals surface area contributed by atoms with Crippen molar-refractivity contribution in [3.8, 4) is 0 Å². The van der Waals surface area contributed by atoms with E-state index in [0.29, 0.717) is 48.0 Å². The second-order valence-electron chi connectivity index (χ2n) is 9.11. The molecule has 5 nitrogen and oxygen atoms in total. The molecule has 2 heterocycles. The van der Waals surface area contributed by atoms with E-state index in [1.807, 2.05) is 11.9 Å². The number of nitrogens with one attached hydrogen (secondary N) is 2. The number of likely N-dealkylation sites (tertiary alicyclic amines) is 1. The Bertz CT molecular complexity index is 1140. The first kappa shape index (κ1) is 24.2. The maximum absolute atomic E-state index is 14.7. The summed E-state index contributed by atoms with van der Waals surface area (Å²) in [5.74, 6) is -0.190. The SMILES string of the molecule is C=C(c1nc(C=C2CC(C(=O)NC)C2)cc2c(N[C@@H]3CCN(C)C[C@@H]3F)cccc12)C(F)(F)F. The molecule has 9 heteroatoms. The van der Waals surface area contributed by atoms with Crippen LogP contribution in [0.25, 0.3) is 22.4 Å². The number of amides is 1. The van der Waals surface area contributed by atoms with E-state index in [9.17, 15) is 22.4 Å². The van der Waals surface area contributed by atoms with Gasteiger partial charge in [-0.3, -0.25) is 4.79 Å². The van der Waals surface area contributed by atoms with Gasteiger partial charge in [0.2, 0.25) is 5.91 Å². The smallest absolute Gasteiger partial charge is 0.379 e. The molecule has 2 fully saturated rings. The van der Waals surface area contributed by atoms with Crippen molar-refractivity contribution in [2.24, 2.45) is 5.92 Å². The zero-order valence-electron chi connectivity index (χ0n) is 19.2. The summed E-state index contributed by atoms with van der Waals surface area (Å²) in [4.78, 5) is 18.0. The van der Waals surface area contributed by atoms with Crippen LogP contribution in [0.2, 0.25) is 0 Å². The topological polar surface area (TPSA) is 57.3 Å². The molecule has 182 valence electrons. The number of carbonyl (C=O) groups excluding carboxylic acids is 1. The Morgan fingerprint density at radius 3 is 2.65 bits per heavy atom. The number of hydrogen-bond acceptors (Lipinski definition) is 4. The minimum absolute atomic E-state index is 0.0554. The van der Waals surface area contributed by atoms with E-state index < -0.39 is 24.0 Å². The number of piperidine rings is 1. The molecule has 0 unspecified atom stereocenters. The van der Waals surface area contributed by atoms with Crippen LogP contribution in [0.3, 0.4) is 0 Å². The standard InChI is InChI=1S/C25H28F4N4O/c1-14(25(27,28)29)23-18-5-4-6-21(32-22-7-8-33(3)13-20(22)26)19(18)12-17(31-23)11-15-9-16(10-15)24(34)30-2/h4-6,11-12,16,20,22,32H,1,7-10,13H2,2-3H3,(H,30,34)/t16?,20-,22+/m0/s1. The summed E-state index contributed by atoms with van der Waals surface area (Å²) >= 11 is 0. The first-order chi connectivity index (χ1) is 16.1. The molecule has 2 aliphatic rings. The predicted octanol–water partition coefficient (Wildman–Crippen LogP) is 4.80. The number of carbonyl (C=O) groups is 1. The third-order valence-corrected chi connectivity index (χ3v) is 6.59. The molecule has 1 amide bonds. The van der Waals surface area contributed by atoms with E-state index in [1.54, 1.807) is 37.4 Å². The lowest BCUT2D eigenvalue weighted by atomic mass is 9.79. The molecule has 1 aromatic heterocycles.